The second-order valence-electron chi connectivity index (χ2n) is 8.86. The van der Waals surface area contributed by atoms with Gasteiger partial charge in [0.2, 0.25) is 0 Å². The Morgan fingerprint density at radius 1 is 0.579 bits per heavy atom. The summed E-state index contributed by atoms with van der Waals surface area (Å²) in [4.78, 5) is 20.1. The zero-order valence-corrected chi connectivity index (χ0v) is 25.2. The van der Waals surface area contributed by atoms with Gasteiger partial charge in [-0.05, 0) is 0 Å². The van der Waals surface area contributed by atoms with E-state index in [0.29, 0.717) is 12.9 Å². The van der Waals surface area contributed by atoms with Gasteiger partial charge in [0, 0.05) is 34.1 Å². The number of rotatable bonds is 29. The molecule has 0 unspecified atom stereocenters. The molecule has 0 spiro atoms. The summed E-state index contributed by atoms with van der Waals surface area (Å²) < 4.78 is 4.49. The Balaban J connectivity index is -0.000000289. The molecule has 0 amide bonds. The van der Waals surface area contributed by atoms with E-state index in [2.05, 4.69) is 30.4 Å². The van der Waals surface area contributed by atoms with E-state index in [4.69, 9.17) is 16.6 Å². The molecule has 5 N–H and O–H groups in total. The summed E-state index contributed by atoms with van der Waals surface area (Å²) in [5.41, 5.74) is 10.6. The Kier molecular flexibility index (Phi) is 51.6. The van der Waals surface area contributed by atoms with Crippen molar-refractivity contribution in [2.24, 2.45) is 11.5 Å². The van der Waals surface area contributed by atoms with Gasteiger partial charge in [-0.15, -0.1) is 0 Å². The van der Waals surface area contributed by atoms with E-state index in [9.17, 15) is 9.59 Å². The number of nitrogens with two attached hydrogens (primary N) is 2. The molecule has 0 aromatic rings. The van der Waals surface area contributed by atoms with Crippen molar-refractivity contribution in [2.75, 3.05) is 0 Å². The van der Waals surface area contributed by atoms with E-state index in [1.807, 2.05) is 0 Å². The molecule has 0 fully saturated rings. The van der Waals surface area contributed by atoms with Crippen LogP contribution in [0.3, 0.4) is 0 Å². The molecular formula is C30H54Cu2N2O4-8. The second-order valence-corrected chi connectivity index (χ2v) is 8.86. The van der Waals surface area contributed by atoms with Crippen LogP contribution >= 0.6 is 0 Å². The fourth-order valence-electron chi connectivity index (χ4n) is 3.49. The van der Waals surface area contributed by atoms with Crippen molar-refractivity contribution in [2.45, 2.75) is 128 Å². The molecule has 0 aromatic carbocycles. The van der Waals surface area contributed by atoms with E-state index < -0.39 is 5.97 Å². The molecule has 6 nitrogen and oxygen atoms in total. The third-order valence-corrected chi connectivity index (χ3v) is 5.54. The molecule has 0 aliphatic heterocycles. The molecule has 38 heavy (non-hydrogen) atoms. The minimum atomic E-state index is -0.813. The second kappa shape index (κ2) is 43.8. The largest absolute Gasteiger partial charge is 0.639 e. The van der Waals surface area contributed by atoms with Crippen molar-refractivity contribution >= 4 is 12.4 Å². The molecule has 2 radical (unpaired) electrons. The molecule has 0 bridgehead atoms. The van der Waals surface area contributed by atoms with Gasteiger partial charge in [0.1, 0.15) is 0 Å². The number of carbonyl (C=O) groups excluding carboxylic acids is 1. The normalized spacial score (nSPS) is 9.95. The maximum Gasteiger partial charge on any atom is 0.261 e. The maximum absolute atomic E-state index is 10.2. The summed E-state index contributed by atoms with van der Waals surface area (Å²) in [5, 5.41) is 8.41. The first-order chi connectivity index (χ1) is 17.7. The fourth-order valence-corrected chi connectivity index (χ4v) is 3.49. The van der Waals surface area contributed by atoms with E-state index in [1.54, 1.807) is 19.7 Å². The number of hydrogen-bond acceptors (Lipinski definition) is 5. The van der Waals surface area contributed by atoms with E-state index in [-0.39, 0.29) is 34.1 Å². The van der Waals surface area contributed by atoms with E-state index in [0.717, 1.165) is 51.4 Å². The molecule has 0 saturated carbocycles. The number of hydrogen-bond donors (Lipinski definition) is 3. The molecule has 0 heterocycles. The summed E-state index contributed by atoms with van der Waals surface area (Å²) in [6.45, 7) is 5.46. The molecule has 0 aromatic heterocycles. The predicted molar refractivity (Wildman–Crippen MR) is 150 cm³/mol. The summed E-state index contributed by atoms with van der Waals surface area (Å²) in [7, 11) is 0. The average molecular weight is 634 g/mol. The molecule has 0 aliphatic rings. The van der Waals surface area contributed by atoms with Gasteiger partial charge in [-0.25, -0.2) is 25.7 Å². The van der Waals surface area contributed by atoms with Crippen LogP contribution in [0, 0.1) is 51.8 Å². The zero-order chi connectivity index (χ0) is 26.8. The van der Waals surface area contributed by atoms with Crippen molar-refractivity contribution in [3.8, 4) is 0 Å². The molecule has 0 saturated heterocycles. The molecule has 0 atom stereocenters. The van der Waals surface area contributed by atoms with Crippen molar-refractivity contribution in [1.29, 1.82) is 0 Å². The first-order valence-electron chi connectivity index (χ1n) is 14.0. The third kappa shape index (κ3) is 48.8. The molecule has 8 heteroatoms. The van der Waals surface area contributed by atoms with Gasteiger partial charge >= 0.3 is 0 Å². The SMILES string of the molecule is N[CH-]CC[CH-]CCCCCC[CH-]CC[CH-]C(=O)O.N[CH-]CC[CH-]CCCCCC[CH-]CC[CH-]OC=O.[Cu].[Cu]. The van der Waals surface area contributed by atoms with Crippen LogP contribution in [0.1, 0.15) is 128 Å². The predicted octanol–water partition coefficient (Wildman–Crippen LogP) is 7.45. The van der Waals surface area contributed by atoms with E-state index in [1.165, 1.54) is 77.0 Å². The fraction of sp³-hybridized carbons (Fsp3) is 0.667. The Labute approximate surface area is 256 Å². The maximum atomic E-state index is 10.2. The van der Waals surface area contributed by atoms with Crippen LogP contribution < -0.4 is 11.5 Å². The number of ether oxygens (including phenoxy) is 1. The van der Waals surface area contributed by atoms with Crippen LogP contribution in [0.25, 0.3) is 0 Å². The van der Waals surface area contributed by atoms with Gasteiger partial charge in [0.15, 0.2) is 5.97 Å². The number of carbonyl (C=O) groups is 2. The molecule has 0 rings (SSSR count). The number of carboxylic acid groups (broad SMARTS) is 1. The van der Waals surface area contributed by atoms with Crippen molar-refractivity contribution in [3.63, 3.8) is 0 Å². The van der Waals surface area contributed by atoms with Crippen LogP contribution in [0.5, 0.6) is 0 Å². The van der Waals surface area contributed by atoms with Gasteiger partial charge < -0.3 is 47.0 Å². The first-order valence-corrected chi connectivity index (χ1v) is 14.0. The quantitative estimate of drug-likeness (QED) is 0.0341. The monoisotopic (exact) mass is 632 g/mol. The molecule has 0 aliphatic carbocycles. The summed E-state index contributed by atoms with van der Waals surface area (Å²) in [6, 6.07) is 0. The van der Waals surface area contributed by atoms with Gasteiger partial charge in [-0.3, -0.25) is 29.1 Å². The Morgan fingerprint density at radius 2 is 0.947 bits per heavy atom. The van der Waals surface area contributed by atoms with Crippen LogP contribution in [0.2, 0.25) is 0 Å². The van der Waals surface area contributed by atoms with Crippen molar-refractivity contribution < 1.29 is 53.6 Å². The smallest absolute Gasteiger partial charge is 0.261 e. The van der Waals surface area contributed by atoms with Crippen LogP contribution in [0.4, 0.5) is 0 Å². The van der Waals surface area contributed by atoms with Gasteiger partial charge in [-0.2, -0.15) is 58.0 Å². The Hall–Kier alpha value is -0.231. The standard InChI is InChI=1S/2C15H27NO2.2Cu/c16-13-11-9-7-5-3-1-2-4-6-8-10-12-14-18-15-17;16-14-12-10-8-6-4-2-1-3-5-7-9-11-13-15(17)18;;/h7-8,13-15H,1-6,9-12,16H2;7-8,13-14H,1-6,9-12,16H2,(H,17,18);;/q2*-4;;. The van der Waals surface area contributed by atoms with Gasteiger partial charge in [-0.1, -0.05) is 51.4 Å². The number of unbranched alkanes of at least 4 members (excludes halogenated alkanes) is 22. The van der Waals surface area contributed by atoms with Crippen molar-refractivity contribution in [3.05, 3.63) is 51.8 Å². The summed E-state index contributed by atoms with van der Waals surface area (Å²) >= 11 is 0. The summed E-state index contributed by atoms with van der Waals surface area (Å²) in [6.07, 6.45) is 33.0. The minimum Gasteiger partial charge on any atom is -0.639 e. The average Bonchev–Trinajstić information content (AvgIpc) is 2.87. The minimum absolute atomic E-state index is 0. The van der Waals surface area contributed by atoms with Crippen LogP contribution in [-0.4, -0.2) is 17.5 Å². The molecular weight excluding hydrogens is 579 g/mol. The van der Waals surface area contributed by atoms with Crippen LogP contribution in [0.15, 0.2) is 0 Å². The van der Waals surface area contributed by atoms with Gasteiger partial charge in [0.25, 0.3) is 6.47 Å². The molecule has 238 valence electrons. The first kappa shape index (κ1) is 44.8. The zero-order valence-electron chi connectivity index (χ0n) is 23.3. The number of carboxylic acids is 1. The summed E-state index contributed by atoms with van der Waals surface area (Å²) in [5.74, 6) is -0.813. The number of aliphatic carboxylic acids is 1. The topological polar surface area (TPSA) is 116 Å². The van der Waals surface area contributed by atoms with Crippen molar-refractivity contribution in [1.82, 2.24) is 0 Å². The Morgan fingerprint density at radius 3 is 1.29 bits per heavy atom. The van der Waals surface area contributed by atoms with E-state index >= 15 is 0 Å². The Bertz CT molecular complexity index is 433. The van der Waals surface area contributed by atoms with Crippen LogP contribution in [-0.2, 0) is 48.5 Å². The third-order valence-electron chi connectivity index (χ3n) is 5.54. The van der Waals surface area contributed by atoms with Gasteiger partial charge in [0.05, 0.1) is 0 Å².